The molecule has 3 aromatic rings. The van der Waals surface area contributed by atoms with Crippen LogP contribution in [0.3, 0.4) is 0 Å². The Hall–Kier alpha value is -3.09. The molecule has 3 heterocycles. The lowest BCUT2D eigenvalue weighted by molar-refractivity contribution is -0.140. The highest BCUT2D eigenvalue weighted by molar-refractivity contribution is 7.91. The molecular weight excluding hydrogens is 530 g/mol. The predicted octanol–water partition coefficient (Wildman–Crippen LogP) is 3.24. The average molecular weight is 553 g/mol. The van der Waals surface area contributed by atoms with Gasteiger partial charge in [-0.3, -0.25) is 4.79 Å². The molecule has 1 N–H and O–H groups in total. The van der Waals surface area contributed by atoms with Crippen LogP contribution in [0.25, 0.3) is 10.8 Å². The highest BCUT2D eigenvalue weighted by Gasteiger charge is 2.39. The largest absolute Gasteiger partial charge is 0.382 e. The Labute approximate surface area is 216 Å². The molecule has 0 bridgehead atoms. The second-order valence-corrected chi connectivity index (χ2v) is 11.6. The second-order valence-electron chi connectivity index (χ2n) is 9.16. The number of sulfone groups is 1. The lowest BCUT2D eigenvalue weighted by atomic mass is 10.0. The summed E-state index contributed by atoms with van der Waals surface area (Å²) in [6.45, 7) is 0.530. The molecule has 1 aromatic heterocycles. The predicted molar refractivity (Wildman–Crippen MR) is 130 cm³/mol. The zero-order chi connectivity index (χ0) is 26.5. The molecule has 196 valence electrons. The third-order valence-electron chi connectivity index (χ3n) is 6.84. The maximum atomic E-state index is 13.2. The summed E-state index contributed by atoms with van der Waals surface area (Å²) in [4.78, 5) is 32.0. The first kappa shape index (κ1) is 25.6. The molecule has 0 radical (unpaired) electrons. The zero-order valence-electron chi connectivity index (χ0n) is 19.4. The minimum absolute atomic E-state index is 0.0120. The molecule has 1 fully saturated rings. The van der Waals surface area contributed by atoms with E-state index in [2.05, 4.69) is 4.98 Å². The summed E-state index contributed by atoms with van der Waals surface area (Å²) in [6, 6.07) is 8.68. The van der Waals surface area contributed by atoms with Crippen molar-refractivity contribution >= 4 is 44.1 Å². The van der Waals surface area contributed by atoms with Crippen molar-refractivity contribution in [3.8, 4) is 0 Å². The van der Waals surface area contributed by atoms with E-state index in [0.29, 0.717) is 28.9 Å². The van der Waals surface area contributed by atoms with Crippen LogP contribution < -0.4 is 0 Å². The van der Waals surface area contributed by atoms with Gasteiger partial charge in [-0.05, 0) is 47.9 Å². The molecule has 0 aliphatic carbocycles. The van der Waals surface area contributed by atoms with Gasteiger partial charge in [0.2, 0.25) is 0 Å². The Balaban J connectivity index is 1.20. The van der Waals surface area contributed by atoms with Crippen molar-refractivity contribution in [2.24, 2.45) is 0 Å². The lowest BCUT2D eigenvalue weighted by Gasteiger charge is -2.37. The maximum absolute atomic E-state index is 13.2. The Morgan fingerprint density at radius 2 is 1.81 bits per heavy atom. The molecule has 37 heavy (non-hydrogen) atoms. The number of carbonyl (C=O) groups is 2. The van der Waals surface area contributed by atoms with Crippen LogP contribution in [0.2, 0.25) is 5.02 Å². The van der Waals surface area contributed by atoms with Crippen molar-refractivity contribution in [1.82, 2.24) is 19.4 Å². The third-order valence-corrected chi connectivity index (χ3v) is 8.80. The van der Waals surface area contributed by atoms with Crippen LogP contribution in [0.1, 0.15) is 30.8 Å². The fraction of sp³-hybridized carbons (Fsp3) is 0.375. The number of aliphatic hydroxyl groups is 1. The number of benzene rings is 2. The molecule has 1 saturated heterocycles. The van der Waals surface area contributed by atoms with Crippen molar-refractivity contribution in [1.29, 1.82) is 0 Å². The normalized spacial score (nSPS) is 17.6. The van der Waals surface area contributed by atoms with Gasteiger partial charge in [0.25, 0.3) is 12.3 Å². The molecular formula is C24H23ClF2N4O5S. The number of carbonyl (C=O) groups excluding carboxylic acids is 2. The summed E-state index contributed by atoms with van der Waals surface area (Å²) < 4.78 is 53.0. The molecule has 0 unspecified atom stereocenters. The fourth-order valence-corrected chi connectivity index (χ4v) is 6.43. The molecule has 0 spiro atoms. The number of aliphatic hydroxyl groups excluding tert-OH is 1. The van der Waals surface area contributed by atoms with Crippen molar-refractivity contribution in [3.63, 3.8) is 0 Å². The van der Waals surface area contributed by atoms with Crippen LogP contribution in [-0.4, -0.2) is 75.8 Å². The minimum atomic E-state index is -3.96. The highest BCUT2D eigenvalue weighted by Crippen LogP contribution is 2.29. The third kappa shape index (κ3) is 4.80. The summed E-state index contributed by atoms with van der Waals surface area (Å²) in [5.74, 6) is -2.07. The molecule has 2 aromatic carbocycles. The molecule has 5 rings (SSSR count). The first-order valence-corrected chi connectivity index (χ1v) is 13.6. The topological polar surface area (TPSA) is 113 Å². The number of alkyl halides is 2. The minimum Gasteiger partial charge on any atom is -0.382 e. The van der Waals surface area contributed by atoms with E-state index in [1.54, 1.807) is 24.3 Å². The van der Waals surface area contributed by atoms with E-state index in [4.69, 9.17) is 11.6 Å². The Morgan fingerprint density at radius 3 is 2.51 bits per heavy atom. The van der Waals surface area contributed by atoms with E-state index in [9.17, 15) is 31.9 Å². The number of amides is 2. The number of hydrogen-bond acceptors (Lipinski definition) is 6. The first-order chi connectivity index (χ1) is 17.5. The number of aromatic nitrogens is 2. The van der Waals surface area contributed by atoms with Crippen LogP contribution in [0, 0.1) is 0 Å². The molecule has 2 aliphatic rings. The van der Waals surface area contributed by atoms with Crippen molar-refractivity contribution in [2.45, 2.75) is 42.9 Å². The number of fused-ring (bicyclic) bond motifs is 2. The van der Waals surface area contributed by atoms with E-state index in [0.717, 1.165) is 9.95 Å². The fourth-order valence-electron chi connectivity index (χ4n) is 4.92. The van der Waals surface area contributed by atoms with E-state index < -0.39 is 45.9 Å². The molecule has 2 aliphatic heterocycles. The summed E-state index contributed by atoms with van der Waals surface area (Å²) in [7, 11) is -3.96. The van der Waals surface area contributed by atoms with Gasteiger partial charge in [-0.2, -0.15) is 0 Å². The quantitative estimate of drug-likeness (QED) is 0.502. The number of rotatable bonds is 6. The van der Waals surface area contributed by atoms with Crippen molar-refractivity contribution in [2.75, 3.05) is 18.8 Å². The van der Waals surface area contributed by atoms with Gasteiger partial charge in [-0.15, -0.1) is 0 Å². The summed E-state index contributed by atoms with van der Waals surface area (Å²) in [5.41, 5.74) is 0.385. The van der Waals surface area contributed by atoms with Gasteiger partial charge in [0.1, 0.15) is 6.10 Å². The second kappa shape index (κ2) is 9.66. The van der Waals surface area contributed by atoms with Gasteiger partial charge in [0.05, 0.1) is 29.1 Å². The Kier molecular flexibility index (Phi) is 6.67. The van der Waals surface area contributed by atoms with Crippen molar-refractivity contribution < 1.29 is 31.9 Å². The smallest absolute Gasteiger partial charge is 0.330 e. The van der Waals surface area contributed by atoms with Crippen LogP contribution in [0.4, 0.5) is 13.6 Å². The Bertz CT molecular complexity index is 1490. The number of piperidine rings is 1. The van der Waals surface area contributed by atoms with Crippen LogP contribution in [0.5, 0.6) is 0 Å². The summed E-state index contributed by atoms with van der Waals surface area (Å²) in [5, 5.41) is 12.4. The summed E-state index contributed by atoms with van der Waals surface area (Å²) >= 11 is 5.97. The van der Waals surface area contributed by atoms with Crippen LogP contribution in [0.15, 0.2) is 47.5 Å². The molecule has 9 nitrogen and oxygen atoms in total. The molecule has 1 atom stereocenters. The lowest BCUT2D eigenvalue weighted by Crippen LogP contribution is -2.50. The highest BCUT2D eigenvalue weighted by atomic mass is 35.5. The van der Waals surface area contributed by atoms with E-state index >= 15 is 0 Å². The number of nitrogens with zero attached hydrogens (tertiary/aromatic N) is 4. The standard InChI is InChI=1S/C24H23ClF2N4O5S/c25-16-3-1-15-10-19(4-2-14(15)9-16)37(35,36)13-20(32)23(33)29-7-5-17(6-8-29)30-12-18-11-28-22(21(26)27)31(18)24(30)34/h1-4,9-11,17,20-21,32H,5-8,12-13H2/t20-/m1/s1. The molecule has 2 amide bonds. The van der Waals surface area contributed by atoms with Gasteiger partial charge in [0, 0.05) is 24.2 Å². The van der Waals surface area contributed by atoms with E-state index in [1.807, 2.05) is 0 Å². The van der Waals surface area contributed by atoms with Crippen LogP contribution in [-0.2, 0) is 21.2 Å². The van der Waals surface area contributed by atoms with Gasteiger partial charge in [0.15, 0.2) is 15.7 Å². The van der Waals surface area contributed by atoms with Gasteiger partial charge >= 0.3 is 6.03 Å². The average Bonchev–Trinajstić information content (AvgIpc) is 3.43. The zero-order valence-corrected chi connectivity index (χ0v) is 21.0. The van der Waals surface area contributed by atoms with Crippen LogP contribution >= 0.6 is 11.6 Å². The number of hydrogen-bond donors (Lipinski definition) is 1. The van der Waals surface area contributed by atoms with Gasteiger partial charge in [-0.25, -0.2) is 31.5 Å². The van der Waals surface area contributed by atoms with E-state index in [1.165, 1.54) is 28.1 Å². The number of likely N-dealkylation sites (tertiary alicyclic amines) is 1. The van der Waals surface area contributed by atoms with Gasteiger partial charge < -0.3 is 14.9 Å². The molecule has 13 heteroatoms. The first-order valence-electron chi connectivity index (χ1n) is 11.6. The SMILES string of the molecule is O=C([C@H](O)CS(=O)(=O)c1ccc2cc(Cl)ccc2c1)N1CCC(N2Cc3cnc(C(F)F)n3C2=O)CC1. The monoisotopic (exact) mass is 552 g/mol. The van der Waals surface area contributed by atoms with E-state index in [-0.39, 0.29) is 30.6 Å². The van der Waals surface area contributed by atoms with Gasteiger partial charge in [-0.1, -0.05) is 23.7 Å². The Morgan fingerprint density at radius 1 is 1.14 bits per heavy atom. The molecule has 0 saturated carbocycles. The summed E-state index contributed by atoms with van der Waals surface area (Å²) in [6.07, 6.45) is -2.63. The number of halogens is 3. The van der Waals surface area contributed by atoms with Crippen molar-refractivity contribution in [3.05, 3.63) is 59.1 Å². The maximum Gasteiger partial charge on any atom is 0.330 e. The number of imidazole rings is 1.